The summed E-state index contributed by atoms with van der Waals surface area (Å²) in [5, 5.41) is 0. The molecule has 0 aliphatic rings. The number of aryl methyl sites for hydroxylation is 1. The van der Waals surface area contributed by atoms with Gasteiger partial charge in [-0.05, 0) is 72.4 Å². The zero-order valence-electron chi connectivity index (χ0n) is 19.3. The molecule has 3 nitrogen and oxygen atoms in total. The second-order valence-corrected chi connectivity index (χ2v) is 8.15. The highest BCUT2D eigenvalue weighted by atomic mass is 16.5. The van der Waals surface area contributed by atoms with Gasteiger partial charge < -0.3 is 9.47 Å². The van der Waals surface area contributed by atoms with Gasteiger partial charge in [0.1, 0.15) is 11.5 Å². The second kappa shape index (κ2) is 12.7. The van der Waals surface area contributed by atoms with Gasteiger partial charge in [-0.25, -0.2) is 4.79 Å². The minimum atomic E-state index is -0.369. The van der Waals surface area contributed by atoms with Crippen LogP contribution in [-0.2, 0) is 6.42 Å². The smallest absolute Gasteiger partial charge is 0.343 e. The molecule has 0 atom stereocenters. The van der Waals surface area contributed by atoms with Crippen molar-refractivity contribution in [3.8, 4) is 22.6 Å². The molecule has 0 spiro atoms. The molecular formula is C29H34O3. The molecule has 0 unspecified atom stereocenters. The lowest BCUT2D eigenvalue weighted by Gasteiger charge is -2.08. The Morgan fingerprint density at radius 1 is 0.656 bits per heavy atom. The first-order valence-corrected chi connectivity index (χ1v) is 11.8. The molecule has 0 saturated heterocycles. The quantitative estimate of drug-likeness (QED) is 0.167. The van der Waals surface area contributed by atoms with Crippen molar-refractivity contribution >= 4 is 5.97 Å². The number of carbonyl (C=O) groups excluding carboxylic acids is 1. The van der Waals surface area contributed by atoms with Crippen LogP contribution in [0.1, 0.15) is 68.3 Å². The molecule has 0 aliphatic carbocycles. The van der Waals surface area contributed by atoms with E-state index in [9.17, 15) is 4.79 Å². The zero-order valence-corrected chi connectivity index (χ0v) is 19.3. The van der Waals surface area contributed by atoms with E-state index in [1.165, 1.54) is 31.2 Å². The van der Waals surface area contributed by atoms with Crippen molar-refractivity contribution in [3.05, 3.63) is 83.9 Å². The lowest BCUT2D eigenvalue weighted by atomic mass is 10.0. The van der Waals surface area contributed by atoms with E-state index in [2.05, 4.69) is 38.1 Å². The topological polar surface area (TPSA) is 35.5 Å². The van der Waals surface area contributed by atoms with Crippen LogP contribution in [0.15, 0.2) is 72.8 Å². The lowest BCUT2D eigenvalue weighted by molar-refractivity contribution is 0.0734. The predicted octanol–water partition coefficient (Wildman–Crippen LogP) is 7.87. The van der Waals surface area contributed by atoms with Crippen molar-refractivity contribution in [2.45, 2.75) is 58.8 Å². The fourth-order valence-corrected chi connectivity index (χ4v) is 3.55. The van der Waals surface area contributed by atoms with Crippen LogP contribution < -0.4 is 9.47 Å². The minimum Gasteiger partial charge on any atom is -0.494 e. The summed E-state index contributed by atoms with van der Waals surface area (Å²) in [5.41, 5.74) is 4.16. The van der Waals surface area contributed by atoms with Crippen molar-refractivity contribution in [2.24, 2.45) is 0 Å². The van der Waals surface area contributed by atoms with Gasteiger partial charge in [0, 0.05) is 0 Å². The molecule has 3 heteroatoms. The van der Waals surface area contributed by atoms with Gasteiger partial charge in [-0.2, -0.15) is 0 Å². The number of esters is 1. The molecule has 0 bridgehead atoms. The van der Waals surface area contributed by atoms with E-state index in [0.717, 1.165) is 36.1 Å². The number of hydrogen-bond acceptors (Lipinski definition) is 3. The van der Waals surface area contributed by atoms with Crippen LogP contribution in [0.5, 0.6) is 11.5 Å². The number of ether oxygens (including phenoxy) is 2. The standard InChI is InChI=1S/C29H34O3/c1-3-5-7-9-23-10-12-24(13-11-23)25-14-20-28(21-15-25)32-29(30)26-16-18-27(19-17-26)31-22-8-6-4-2/h10-21H,3-9,22H2,1-2H3. The monoisotopic (exact) mass is 430 g/mol. The van der Waals surface area contributed by atoms with Gasteiger partial charge in [0.25, 0.3) is 0 Å². The Morgan fingerprint density at radius 3 is 1.84 bits per heavy atom. The van der Waals surface area contributed by atoms with Gasteiger partial charge in [-0.1, -0.05) is 75.9 Å². The largest absolute Gasteiger partial charge is 0.494 e. The summed E-state index contributed by atoms with van der Waals surface area (Å²) in [6.45, 7) is 5.09. The van der Waals surface area contributed by atoms with E-state index in [1.807, 2.05) is 36.4 Å². The molecule has 3 rings (SSSR count). The van der Waals surface area contributed by atoms with Gasteiger partial charge >= 0.3 is 5.97 Å². The highest BCUT2D eigenvalue weighted by molar-refractivity contribution is 5.91. The third kappa shape index (κ3) is 7.26. The molecule has 0 fully saturated rings. The van der Waals surface area contributed by atoms with Crippen molar-refractivity contribution in [3.63, 3.8) is 0 Å². The normalized spacial score (nSPS) is 10.7. The van der Waals surface area contributed by atoms with Crippen molar-refractivity contribution in [1.82, 2.24) is 0 Å². The van der Waals surface area contributed by atoms with Gasteiger partial charge in [0.05, 0.1) is 12.2 Å². The lowest BCUT2D eigenvalue weighted by Crippen LogP contribution is -2.08. The Morgan fingerprint density at radius 2 is 1.22 bits per heavy atom. The van der Waals surface area contributed by atoms with Gasteiger partial charge in [0.2, 0.25) is 0 Å². The first kappa shape index (κ1) is 23.6. The number of carbonyl (C=O) groups is 1. The van der Waals surface area contributed by atoms with E-state index >= 15 is 0 Å². The first-order chi connectivity index (χ1) is 15.7. The predicted molar refractivity (Wildman–Crippen MR) is 132 cm³/mol. The Hall–Kier alpha value is -3.07. The average Bonchev–Trinajstić information content (AvgIpc) is 2.83. The summed E-state index contributed by atoms with van der Waals surface area (Å²) in [6.07, 6.45) is 8.26. The Labute approximate surface area is 192 Å². The number of benzene rings is 3. The van der Waals surface area contributed by atoms with E-state index in [4.69, 9.17) is 9.47 Å². The molecule has 0 radical (unpaired) electrons. The fourth-order valence-electron chi connectivity index (χ4n) is 3.55. The van der Waals surface area contributed by atoms with Crippen LogP contribution in [0.2, 0.25) is 0 Å². The van der Waals surface area contributed by atoms with E-state index in [1.54, 1.807) is 12.1 Å². The van der Waals surface area contributed by atoms with Gasteiger partial charge in [0.15, 0.2) is 0 Å². The highest BCUT2D eigenvalue weighted by Gasteiger charge is 2.09. The van der Waals surface area contributed by atoms with Crippen molar-refractivity contribution < 1.29 is 14.3 Å². The Bertz CT molecular complexity index is 941. The van der Waals surface area contributed by atoms with Crippen LogP contribution in [0.25, 0.3) is 11.1 Å². The number of rotatable bonds is 12. The second-order valence-electron chi connectivity index (χ2n) is 8.15. The first-order valence-electron chi connectivity index (χ1n) is 11.8. The molecule has 32 heavy (non-hydrogen) atoms. The summed E-state index contributed by atoms with van der Waals surface area (Å²) >= 11 is 0. The maximum Gasteiger partial charge on any atom is 0.343 e. The summed E-state index contributed by atoms with van der Waals surface area (Å²) in [7, 11) is 0. The third-order valence-electron chi connectivity index (χ3n) is 5.53. The van der Waals surface area contributed by atoms with Crippen LogP contribution in [-0.4, -0.2) is 12.6 Å². The Kier molecular flexibility index (Phi) is 9.37. The van der Waals surface area contributed by atoms with Crippen molar-refractivity contribution in [1.29, 1.82) is 0 Å². The van der Waals surface area contributed by atoms with Crippen LogP contribution in [0, 0.1) is 0 Å². The molecule has 0 N–H and O–H groups in total. The molecule has 0 aliphatic heterocycles. The molecule has 0 saturated carbocycles. The summed E-state index contributed by atoms with van der Waals surface area (Å²) in [4.78, 5) is 12.5. The molecule has 0 amide bonds. The third-order valence-corrected chi connectivity index (χ3v) is 5.53. The van der Waals surface area contributed by atoms with Gasteiger partial charge in [-0.15, -0.1) is 0 Å². The van der Waals surface area contributed by atoms with Gasteiger partial charge in [-0.3, -0.25) is 0 Å². The maximum atomic E-state index is 12.5. The summed E-state index contributed by atoms with van der Waals surface area (Å²) < 4.78 is 11.2. The van der Waals surface area contributed by atoms with E-state index in [0.29, 0.717) is 17.9 Å². The molecule has 0 aromatic heterocycles. The molecular weight excluding hydrogens is 396 g/mol. The zero-order chi connectivity index (χ0) is 22.6. The molecule has 168 valence electrons. The number of hydrogen-bond donors (Lipinski definition) is 0. The molecule has 3 aromatic carbocycles. The van der Waals surface area contributed by atoms with Crippen LogP contribution in [0.3, 0.4) is 0 Å². The summed E-state index contributed by atoms with van der Waals surface area (Å²) in [6, 6.07) is 23.5. The fraction of sp³-hybridized carbons (Fsp3) is 0.345. The maximum absolute atomic E-state index is 12.5. The Balaban J connectivity index is 1.53. The highest BCUT2D eigenvalue weighted by Crippen LogP contribution is 2.24. The number of unbranched alkanes of at least 4 members (excludes halogenated alkanes) is 4. The SMILES string of the molecule is CCCCCOc1ccc(C(=O)Oc2ccc(-c3ccc(CCCCC)cc3)cc2)cc1. The van der Waals surface area contributed by atoms with Crippen LogP contribution >= 0.6 is 0 Å². The summed E-state index contributed by atoms with van der Waals surface area (Å²) in [5.74, 6) is 0.944. The minimum absolute atomic E-state index is 0.369. The average molecular weight is 431 g/mol. The molecule has 3 aromatic rings. The van der Waals surface area contributed by atoms with E-state index < -0.39 is 0 Å². The van der Waals surface area contributed by atoms with Crippen molar-refractivity contribution in [2.75, 3.05) is 6.61 Å². The van der Waals surface area contributed by atoms with E-state index in [-0.39, 0.29) is 5.97 Å². The molecule has 0 heterocycles. The van der Waals surface area contributed by atoms with Crippen LogP contribution in [0.4, 0.5) is 0 Å².